The lowest BCUT2D eigenvalue weighted by Gasteiger charge is -2.19. The third-order valence-electron chi connectivity index (χ3n) is 3.81. The van der Waals surface area contributed by atoms with Crippen molar-refractivity contribution in [2.45, 2.75) is 24.7 Å². The van der Waals surface area contributed by atoms with Gasteiger partial charge in [0.2, 0.25) is 0 Å². The van der Waals surface area contributed by atoms with E-state index in [1.807, 2.05) is 24.3 Å². The fourth-order valence-electron chi connectivity index (χ4n) is 2.32. The van der Waals surface area contributed by atoms with Crippen molar-refractivity contribution in [3.63, 3.8) is 0 Å². The summed E-state index contributed by atoms with van der Waals surface area (Å²) >= 11 is 5.93. The molecule has 0 aromatic heterocycles. The number of carbonyl (C=O) groups is 1. The first-order valence-electron chi connectivity index (χ1n) is 7.49. The predicted octanol–water partition coefficient (Wildman–Crippen LogP) is 4.14. The summed E-state index contributed by atoms with van der Waals surface area (Å²) in [6.45, 7) is 4.16. The second kappa shape index (κ2) is 6.95. The van der Waals surface area contributed by atoms with Crippen LogP contribution in [0.25, 0.3) is 0 Å². The maximum atomic E-state index is 12.7. The molecular weight excluding hydrogens is 346 g/mol. The molecule has 0 fully saturated rings. The molecule has 0 N–H and O–H groups in total. The van der Waals surface area contributed by atoms with Gasteiger partial charge >= 0.3 is 0 Å². The van der Waals surface area contributed by atoms with Gasteiger partial charge in [-0.1, -0.05) is 37.6 Å². The van der Waals surface area contributed by atoms with Crippen molar-refractivity contribution in [1.29, 1.82) is 0 Å². The topological polar surface area (TPSA) is 54.5 Å². The van der Waals surface area contributed by atoms with Gasteiger partial charge in [0.15, 0.2) is 9.84 Å². The Morgan fingerprint density at radius 3 is 2.38 bits per heavy atom. The van der Waals surface area contributed by atoms with Gasteiger partial charge in [-0.15, -0.1) is 0 Å². The molecule has 0 saturated carbocycles. The summed E-state index contributed by atoms with van der Waals surface area (Å²) in [5, 5.41) is 0.110. The van der Waals surface area contributed by atoms with Gasteiger partial charge < -0.3 is 4.90 Å². The molecule has 0 heterocycles. The number of nitrogens with zero attached hydrogens (tertiary/aromatic N) is 1. The molecule has 4 nitrogen and oxygen atoms in total. The zero-order valence-electron chi connectivity index (χ0n) is 14.1. The van der Waals surface area contributed by atoms with Crippen molar-refractivity contribution < 1.29 is 13.2 Å². The molecule has 0 saturated heterocycles. The van der Waals surface area contributed by atoms with Gasteiger partial charge in [-0.05, 0) is 41.8 Å². The van der Waals surface area contributed by atoms with Crippen LogP contribution in [0.4, 0.5) is 5.69 Å². The Labute approximate surface area is 148 Å². The second-order valence-corrected chi connectivity index (χ2v) is 8.42. The smallest absolute Gasteiger partial charge is 0.258 e. The Kier molecular flexibility index (Phi) is 5.35. The Morgan fingerprint density at radius 2 is 1.79 bits per heavy atom. The lowest BCUT2D eigenvalue weighted by atomic mass is 10.0. The van der Waals surface area contributed by atoms with Gasteiger partial charge in [0.1, 0.15) is 0 Å². The van der Waals surface area contributed by atoms with E-state index in [4.69, 9.17) is 11.6 Å². The highest BCUT2D eigenvalue weighted by Gasteiger charge is 2.19. The molecule has 6 heteroatoms. The number of carbonyl (C=O) groups excluding carboxylic acids is 1. The molecule has 0 aliphatic rings. The monoisotopic (exact) mass is 365 g/mol. The van der Waals surface area contributed by atoms with Crippen LogP contribution in [-0.2, 0) is 9.84 Å². The lowest BCUT2D eigenvalue weighted by Crippen LogP contribution is -2.26. The molecule has 0 unspecified atom stereocenters. The van der Waals surface area contributed by atoms with Gasteiger partial charge in [0.05, 0.1) is 9.92 Å². The minimum Gasteiger partial charge on any atom is -0.311 e. The highest BCUT2D eigenvalue weighted by Crippen LogP contribution is 2.25. The zero-order valence-corrected chi connectivity index (χ0v) is 15.6. The van der Waals surface area contributed by atoms with Crippen LogP contribution < -0.4 is 4.90 Å². The number of amides is 1. The Balaban J connectivity index is 2.40. The summed E-state index contributed by atoms with van der Waals surface area (Å²) in [6, 6.07) is 12.0. The lowest BCUT2D eigenvalue weighted by molar-refractivity contribution is 0.0993. The molecule has 2 aromatic rings. The van der Waals surface area contributed by atoms with E-state index in [0.717, 1.165) is 17.5 Å². The molecule has 0 spiro atoms. The molecule has 2 rings (SSSR count). The average Bonchev–Trinajstić information content (AvgIpc) is 2.53. The second-order valence-electron chi connectivity index (χ2n) is 6.03. The van der Waals surface area contributed by atoms with Gasteiger partial charge in [0.25, 0.3) is 5.91 Å². The Hall–Kier alpha value is -1.85. The molecular formula is C18H20ClNO3S. The number of sulfone groups is 1. The van der Waals surface area contributed by atoms with E-state index in [1.165, 1.54) is 23.1 Å². The summed E-state index contributed by atoms with van der Waals surface area (Å²) in [7, 11) is -1.84. The van der Waals surface area contributed by atoms with E-state index in [1.54, 1.807) is 7.05 Å². The van der Waals surface area contributed by atoms with Crippen molar-refractivity contribution in [2.75, 3.05) is 18.2 Å². The highest BCUT2D eigenvalue weighted by atomic mass is 35.5. The van der Waals surface area contributed by atoms with Crippen molar-refractivity contribution in [1.82, 2.24) is 0 Å². The van der Waals surface area contributed by atoms with Gasteiger partial charge in [-0.3, -0.25) is 4.79 Å². The normalized spacial score (nSPS) is 11.6. The largest absolute Gasteiger partial charge is 0.311 e. The van der Waals surface area contributed by atoms with Crippen molar-refractivity contribution >= 4 is 33.0 Å². The van der Waals surface area contributed by atoms with Crippen molar-refractivity contribution in [2.24, 2.45) is 0 Å². The first-order valence-corrected chi connectivity index (χ1v) is 9.76. The summed E-state index contributed by atoms with van der Waals surface area (Å²) in [5.74, 6) is 0.0540. The fourth-order valence-corrected chi connectivity index (χ4v) is 3.63. The van der Waals surface area contributed by atoms with Gasteiger partial charge in [0, 0.05) is 24.6 Å². The maximum Gasteiger partial charge on any atom is 0.258 e. The first kappa shape index (κ1) is 18.5. The molecule has 0 aliphatic heterocycles. The number of rotatable bonds is 4. The number of halogens is 1. The maximum absolute atomic E-state index is 12.7. The first-order chi connectivity index (χ1) is 11.1. The molecule has 0 aliphatic carbocycles. The van der Waals surface area contributed by atoms with Crippen LogP contribution in [0.3, 0.4) is 0 Å². The average molecular weight is 366 g/mol. The van der Waals surface area contributed by atoms with Crippen molar-refractivity contribution in [3.05, 3.63) is 58.6 Å². The molecule has 0 bridgehead atoms. The van der Waals surface area contributed by atoms with Crippen molar-refractivity contribution in [3.8, 4) is 0 Å². The zero-order chi connectivity index (χ0) is 18.1. The van der Waals surface area contributed by atoms with E-state index >= 15 is 0 Å². The standard InChI is InChI=1S/C18H20ClNO3S/c1-12(2)13-6-5-7-15(10-13)20(3)18(21)14-8-9-16(19)17(11-14)24(4,22)23/h5-12H,1-4H3. The van der Waals surface area contributed by atoms with E-state index < -0.39 is 9.84 Å². The van der Waals surface area contributed by atoms with E-state index in [0.29, 0.717) is 5.92 Å². The van der Waals surface area contributed by atoms with E-state index in [2.05, 4.69) is 13.8 Å². The SMILES string of the molecule is CC(C)c1cccc(N(C)C(=O)c2ccc(Cl)c(S(C)(=O)=O)c2)c1. The molecule has 0 radical (unpaired) electrons. The summed E-state index contributed by atoms with van der Waals surface area (Å²) < 4.78 is 23.6. The summed E-state index contributed by atoms with van der Waals surface area (Å²) in [4.78, 5) is 14.2. The summed E-state index contributed by atoms with van der Waals surface area (Å²) in [6.07, 6.45) is 1.07. The molecule has 1 amide bonds. The number of anilines is 1. The minimum absolute atomic E-state index is 0.0423. The predicted molar refractivity (Wildman–Crippen MR) is 97.8 cm³/mol. The van der Waals surface area contributed by atoms with Gasteiger partial charge in [-0.25, -0.2) is 8.42 Å². The molecule has 0 atom stereocenters. The minimum atomic E-state index is -3.50. The van der Waals surface area contributed by atoms with Crippen LogP contribution in [0.15, 0.2) is 47.4 Å². The molecule has 24 heavy (non-hydrogen) atoms. The van der Waals surface area contributed by atoms with E-state index in [-0.39, 0.29) is 21.4 Å². The highest BCUT2D eigenvalue weighted by molar-refractivity contribution is 7.90. The number of benzene rings is 2. The quantitative estimate of drug-likeness (QED) is 0.818. The van der Waals surface area contributed by atoms with Gasteiger partial charge in [-0.2, -0.15) is 0 Å². The third-order valence-corrected chi connectivity index (χ3v) is 5.38. The van der Waals surface area contributed by atoms with Crippen LogP contribution in [-0.4, -0.2) is 27.6 Å². The van der Waals surface area contributed by atoms with Crippen LogP contribution >= 0.6 is 11.6 Å². The number of hydrogen-bond donors (Lipinski definition) is 0. The van der Waals surface area contributed by atoms with Crippen LogP contribution in [0.5, 0.6) is 0 Å². The Morgan fingerprint density at radius 1 is 1.12 bits per heavy atom. The third kappa shape index (κ3) is 3.97. The fraction of sp³-hybridized carbons (Fsp3) is 0.278. The summed E-state index contributed by atoms with van der Waals surface area (Å²) in [5.41, 5.74) is 2.15. The van der Waals surface area contributed by atoms with Crippen LogP contribution in [0.1, 0.15) is 35.7 Å². The molecule has 2 aromatic carbocycles. The van der Waals surface area contributed by atoms with Crippen LogP contribution in [0, 0.1) is 0 Å². The van der Waals surface area contributed by atoms with E-state index in [9.17, 15) is 13.2 Å². The molecule has 128 valence electrons. The Bertz CT molecular complexity index is 876. The number of hydrogen-bond acceptors (Lipinski definition) is 3. The van der Waals surface area contributed by atoms with Crippen LogP contribution in [0.2, 0.25) is 5.02 Å².